The van der Waals surface area contributed by atoms with E-state index in [0.717, 1.165) is 61.3 Å². The number of hydrogen-bond donors (Lipinski definition) is 1. The van der Waals surface area contributed by atoms with Crippen LogP contribution in [-0.4, -0.2) is 75.0 Å². The van der Waals surface area contributed by atoms with Crippen molar-refractivity contribution in [2.24, 2.45) is 4.99 Å². The highest BCUT2D eigenvalue weighted by Crippen LogP contribution is 2.20. The second-order valence-electron chi connectivity index (χ2n) is 7.84. The average molecular weight is 442 g/mol. The second kappa shape index (κ2) is 11.0. The van der Waals surface area contributed by atoms with Crippen molar-refractivity contribution in [1.29, 1.82) is 0 Å². The highest BCUT2D eigenvalue weighted by Gasteiger charge is 2.20. The molecule has 1 N–H and O–H groups in total. The first-order valence-electron chi connectivity index (χ1n) is 10.8. The third-order valence-electron chi connectivity index (χ3n) is 5.33. The van der Waals surface area contributed by atoms with Crippen molar-refractivity contribution >= 4 is 29.2 Å². The van der Waals surface area contributed by atoms with Crippen LogP contribution in [0.25, 0.3) is 0 Å². The smallest absolute Gasteiger partial charge is 0.253 e. The summed E-state index contributed by atoms with van der Waals surface area (Å²) < 4.78 is 0. The lowest BCUT2D eigenvalue weighted by Crippen LogP contribution is -2.52. The van der Waals surface area contributed by atoms with Crippen LogP contribution in [0.1, 0.15) is 22.8 Å². The van der Waals surface area contributed by atoms with Crippen molar-refractivity contribution in [3.63, 3.8) is 0 Å². The standard InChI is InChI=1S/C24H32ClN5O/c1-4-26-24(27-12-11-19-7-5-8-20(17-19)23(31)28(2)3)30-15-13-29(14-16-30)22-10-6-9-21(25)18-22/h5-10,17-18H,4,11-16H2,1-3H3,(H,26,27). The maximum Gasteiger partial charge on any atom is 0.253 e. The molecule has 166 valence electrons. The lowest BCUT2D eigenvalue weighted by molar-refractivity contribution is 0.0827. The van der Waals surface area contributed by atoms with Gasteiger partial charge in [0.25, 0.3) is 5.91 Å². The third kappa shape index (κ3) is 6.37. The van der Waals surface area contributed by atoms with Crippen LogP contribution < -0.4 is 10.2 Å². The topological polar surface area (TPSA) is 51.2 Å². The van der Waals surface area contributed by atoms with Crippen molar-refractivity contribution in [2.45, 2.75) is 13.3 Å². The number of aliphatic imine (C=N–C) groups is 1. The first-order chi connectivity index (χ1) is 15.0. The number of hydrogen-bond acceptors (Lipinski definition) is 3. The van der Waals surface area contributed by atoms with E-state index in [1.165, 1.54) is 5.69 Å². The predicted octanol–water partition coefficient (Wildman–Crippen LogP) is 3.37. The van der Waals surface area contributed by atoms with Crippen LogP contribution in [0.2, 0.25) is 5.02 Å². The van der Waals surface area contributed by atoms with E-state index in [2.05, 4.69) is 34.2 Å². The molecular formula is C24H32ClN5O. The Morgan fingerprint density at radius 3 is 2.52 bits per heavy atom. The van der Waals surface area contributed by atoms with Gasteiger partial charge in [-0.15, -0.1) is 0 Å². The van der Waals surface area contributed by atoms with Gasteiger partial charge in [0.05, 0.1) is 0 Å². The first-order valence-corrected chi connectivity index (χ1v) is 11.2. The molecule has 1 fully saturated rings. The van der Waals surface area contributed by atoms with Crippen LogP contribution in [-0.2, 0) is 6.42 Å². The molecule has 7 heteroatoms. The van der Waals surface area contributed by atoms with Gasteiger partial charge in [-0.3, -0.25) is 9.79 Å². The molecule has 3 rings (SSSR count). The first kappa shape index (κ1) is 22.9. The maximum absolute atomic E-state index is 12.2. The summed E-state index contributed by atoms with van der Waals surface area (Å²) in [5.74, 6) is 0.977. The number of rotatable bonds is 6. The predicted molar refractivity (Wildman–Crippen MR) is 129 cm³/mol. The molecule has 2 aromatic carbocycles. The lowest BCUT2D eigenvalue weighted by atomic mass is 10.1. The zero-order valence-corrected chi connectivity index (χ0v) is 19.4. The number of carbonyl (C=O) groups excluding carboxylic acids is 1. The van der Waals surface area contributed by atoms with E-state index in [1.54, 1.807) is 19.0 Å². The van der Waals surface area contributed by atoms with Crippen LogP contribution in [0.15, 0.2) is 53.5 Å². The fourth-order valence-corrected chi connectivity index (χ4v) is 3.87. The molecule has 0 spiro atoms. The molecule has 1 aliphatic heterocycles. The van der Waals surface area contributed by atoms with Crippen molar-refractivity contribution in [2.75, 3.05) is 58.3 Å². The van der Waals surface area contributed by atoms with E-state index in [-0.39, 0.29) is 5.91 Å². The molecule has 2 aromatic rings. The van der Waals surface area contributed by atoms with Gasteiger partial charge in [0.15, 0.2) is 5.96 Å². The Kier molecular flexibility index (Phi) is 8.18. The Labute approximate surface area is 190 Å². The zero-order chi connectivity index (χ0) is 22.2. The van der Waals surface area contributed by atoms with Gasteiger partial charge in [0, 0.05) is 69.6 Å². The zero-order valence-electron chi connectivity index (χ0n) is 18.6. The number of nitrogens with zero attached hydrogens (tertiary/aromatic N) is 4. The van der Waals surface area contributed by atoms with E-state index in [0.29, 0.717) is 6.54 Å². The molecule has 1 amide bonds. The number of anilines is 1. The lowest BCUT2D eigenvalue weighted by Gasteiger charge is -2.37. The van der Waals surface area contributed by atoms with Crippen molar-refractivity contribution in [1.82, 2.24) is 15.1 Å². The summed E-state index contributed by atoms with van der Waals surface area (Å²) in [5.41, 5.74) is 3.01. The second-order valence-corrected chi connectivity index (χ2v) is 8.28. The molecule has 0 atom stereocenters. The largest absolute Gasteiger partial charge is 0.368 e. The summed E-state index contributed by atoms with van der Waals surface area (Å²) in [7, 11) is 3.54. The summed E-state index contributed by atoms with van der Waals surface area (Å²) in [4.78, 5) is 23.3. The molecule has 1 aliphatic rings. The summed E-state index contributed by atoms with van der Waals surface area (Å²) in [6.07, 6.45) is 0.798. The fourth-order valence-electron chi connectivity index (χ4n) is 3.68. The third-order valence-corrected chi connectivity index (χ3v) is 5.56. The summed E-state index contributed by atoms with van der Waals surface area (Å²) >= 11 is 6.15. The number of piperazine rings is 1. The SMILES string of the molecule is CCNC(=NCCc1cccc(C(=O)N(C)C)c1)N1CCN(c2cccc(Cl)c2)CC1. The molecule has 0 saturated carbocycles. The quantitative estimate of drug-likeness (QED) is 0.551. The van der Waals surface area contributed by atoms with E-state index in [1.807, 2.05) is 36.4 Å². The number of halogens is 1. The van der Waals surface area contributed by atoms with Gasteiger partial charge < -0.3 is 20.0 Å². The van der Waals surface area contributed by atoms with Gasteiger partial charge in [0.1, 0.15) is 0 Å². The number of guanidine groups is 1. The molecule has 1 saturated heterocycles. The molecule has 1 heterocycles. The minimum absolute atomic E-state index is 0.0243. The van der Waals surface area contributed by atoms with Crippen LogP contribution in [0.4, 0.5) is 5.69 Å². The minimum Gasteiger partial charge on any atom is -0.368 e. The normalized spacial score (nSPS) is 14.5. The minimum atomic E-state index is 0.0243. The Bertz CT molecular complexity index is 906. The number of benzene rings is 2. The van der Waals surface area contributed by atoms with E-state index in [9.17, 15) is 4.79 Å². The fraction of sp³-hybridized carbons (Fsp3) is 0.417. The molecule has 6 nitrogen and oxygen atoms in total. The van der Waals surface area contributed by atoms with E-state index < -0.39 is 0 Å². The van der Waals surface area contributed by atoms with Gasteiger partial charge in [-0.1, -0.05) is 29.8 Å². The Balaban J connectivity index is 1.58. The Hall–Kier alpha value is -2.73. The van der Waals surface area contributed by atoms with Gasteiger partial charge in [-0.2, -0.15) is 0 Å². The Morgan fingerprint density at radius 1 is 1.10 bits per heavy atom. The van der Waals surface area contributed by atoms with Gasteiger partial charge in [0.2, 0.25) is 0 Å². The van der Waals surface area contributed by atoms with Gasteiger partial charge in [-0.25, -0.2) is 0 Å². The maximum atomic E-state index is 12.2. The molecule has 0 bridgehead atoms. The summed E-state index contributed by atoms with van der Waals surface area (Å²) in [6.45, 7) is 7.28. The molecule has 0 aromatic heterocycles. The monoisotopic (exact) mass is 441 g/mol. The van der Waals surface area contributed by atoms with Gasteiger partial charge >= 0.3 is 0 Å². The summed E-state index contributed by atoms with van der Waals surface area (Å²) in [5, 5.41) is 4.19. The number of amides is 1. The molecule has 0 unspecified atom stereocenters. The molecule has 31 heavy (non-hydrogen) atoms. The van der Waals surface area contributed by atoms with Crippen LogP contribution >= 0.6 is 11.6 Å². The van der Waals surface area contributed by atoms with Crippen LogP contribution in [0.3, 0.4) is 0 Å². The van der Waals surface area contributed by atoms with Crippen LogP contribution in [0, 0.1) is 0 Å². The average Bonchev–Trinajstić information content (AvgIpc) is 2.78. The van der Waals surface area contributed by atoms with Gasteiger partial charge in [-0.05, 0) is 49.2 Å². The number of nitrogens with one attached hydrogen (secondary N) is 1. The van der Waals surface area contributed by atoms with E-state index >= 15 is 0 Å². The Morgan fingerprint density at radius 2 is 1.84 bits per heavy atom. The highest BCUT2D eigenvalue weighted by molar-refractivity contribution is 6.30. The van der Waals surface area contributed by atoms with Crippen molar-refractivity contribution in [3.05, 3.63) is 64.7 Å². The van der Waals surface area contributed by atoms with Crippen molar-refractivity contribution < 1.29 is 4.79 Å². The van der Waals surface area contributed by atoms with Crippen LogP contribution in [0.5, 0.6) is 0 Å². The van der Waals surface area contributed by atoms with Crippen molar-refractivity contribution in [3.8, 4) is 0 Å². The number of carbonyl (C=O) groups is 1. The summed E-state index contributed by atoms with van der Waals surface area (Å²) in [6, 6.07) is 15.9. The highest BCUT2D eigenvalue weighted by atomic mass is 35.5. The molecular weight excluding hydrogens is 410 g/mol. The molecule has 0 aliphatic carbocycles. The van der Waals surface area contributed by atoms with E-state index in [4.69, 9.17) is 16.6 Å². The molecule has 0 radical (unpaired) electrons.